The third-order valence-corrected chi connectivity index (χ3v) is 3.49. The van der Waals surface area contributed by atoms with Crippen molar-refractivity contribution < 1.29 is 9.53 Å². The molecular formula is C15H12ClN5O2. The van der Waals surface area contributed by atoms with Gasteiger partial charge in [-0.3, -0.25) is 4.79 Å². The van der Waals surface area contributed by atoms with Gasteiger partial charge in [0.25, 0.3) is 5.91 Å². The fourth-order valence-corrected chi connectivity index (χ4v) is 2.22. The normalized spacial score (nSPS) is 10.3. The number of carbonyl (C=O) groups is 1. The molecule has 0 saturated heterocycles. The van der Waals surface area contributed by atoms with Crippen LogP contribution in [0.2, 0.25) is 5.02 Å². The fraction of sp³-hybridized carbons (Fsp3) is 0.0667. The van der Waals surface area contributed by atoms with Crippen molar-refractivity contribution in [1.82, 2.24) is 20.2 Å². The smallest absolute Gasteiger partial charge is 0.259 e. The van der Waals surface area contributed by atoms with Gasteiger partial charge in [0.2, 0.25) is 0 Å². The average Bonchev–Trinajstić information content (AvgIpc) is 3.11. The molecule has 1 amide bonds. The van der Waals surface area contributed by atoms with Crippen LogP contribution in [0.3, 0.4) is 0 Å². The van der Waals surface area contributed by atoms with Gasteiger partial charge < -0.3 is 10.1 Å². The molecule has 2 aromatic carbocycles. The Morgan fingerprint density at radius 3 is 2.83 bits per heavy atom. The maximum atomic E-state index is 12.4. The summed E-state index contributed by atoms with van der Waals surface area (Å²) < 4.78 is 6.66. The number of rotatable bonds is 4. The van der Waals surface area contributed by atoms with Gasteiger partial charge in [0.1, 0.15) is 12.1 Å². The highest BCUT2D eigenvalue weighted by atomic mass is 35.5. The van der Waals surface area contributed by atoms with Gasteiger partial charge in [0, 0.05) is 0 Å². The molecule has 0 aliphatic carbocycles. The van der Waals surface area contributed by atoms with E-state index < -0.39 is 0 Å². The van der Waals surface area contributed by atoms with Crippen molar-refractivity contribution in [3.8, 4) is 11.4 Å². The van der Waals surface area contributed by atoms with Crippen LogP contribution >= 0.6 is 11.6 Å². The van der Waals surface area contributed by atoms with E-state index in [1.807, 2.05) is 0 Å². The Morgan fingerprint density at radius 2 is 2.09 bits per heavy atom. The van der Waals surface area contributed by atoms with Gasteiger partial charge in [0.05, 0.1) is 29.1 Å². The van der Waals surface area contributed by atoms with Crippen LogP contribution < -0.4 is 10.1 Å². The van der Waals surface area contributed by atoms with E-state index in [2.05, 4.69) is 20.8 Å². The molecule has 3 rings (SSSR count). The summed E-state index contributed by atoms with van der Waals surface area (Å²) in [7, 11) is 1.51. The predicted molar refractivity (Wildman–Crippen MR) is 85.1 cm³/mol. The van der Waals surface area contributed by atoms with E-state index in [-0.39, 0.29) is 5.91 Å². The number of hydrogen-bond donors (Lipinski definition) is 1. The molecule has 3 aromatic rings. The second-order valence-corrected chi connectivity index (χ2v) is 4.98. The number of ether oxygens (including phenoxy) is 1. The van der Waals surface area contributed by atoms with E-state index in [1.165, 1.54) is 18.1 Å². The van der Waals surface area contributed by atoms with Crippen molar-refractivity contribution in [2.45, 2.75) is 0 Å². The minimum Gasteiger partial charge on any atom is -0.496 e. The molecule has 23 heavy (non-hydrogen) atoms. The van der Waals surface area contributed by atoms with Crippen molar-refractivity contribution in [1.29, 1.82) is 0 Å². The first-order valence-electron chi connectivity index (χ1n) is 6.66. The van der Waals surface area contributed by atoms with Gasteiger partial charge >= 0.3 is 0 Å². The van der Waals surface area contributed by atoms with Gasteiger partial charge in [0.15, 0.2) is 0 Å². The Labute approximate surface area is 136 Å². The molecule has 0 aliphatic rings. The first-order valence-corrected chi connectivity index (χ1v) is 7.04. The quantitative estimate of drug-likeness (QED) is 0.795. The average molecular weight is 330 g/mol. The van der Waals surface area contributed by atoms with Gasteiger partial charge in [-0.05, 0) is 40.8 Å². The number of amides is 1. The summed E-state index contributed by atoms with van der Waals surface area (Å²) in [5, 5.41) is 14.1. The highest BCUT2D eigenvalue weighted by molar-refractivity contribution is 6.34. The summed E-state index contributed by atoms with van der Waals surface area (Å²) in [4.78, 5) is 12.4. The lowest BCUT2D eigenvalue weighted by atomic mass is 10.2. The molecule has 0 radical (unpaired) electrons. The maximum absolute atomic E-state index is 12.4. The lowest BCUT2D eigenvalue weighted by molar-refractivity contribution is 0.102. The van der Waals surface area contributed by atoms with Gasteiger partial charge in [-0.25, -0.2) is 4.68 Å². The first-order chi connectivity index (χ1) is 11.2. The van der Waals surface area contributed by atoms with Gasteiger partial charge in [-0.15, -0.1) is 5.10 Å². The molecule has 0 aliphatic heterocycles. The molecule has 1 heterocycles. The second kappa shape index (κ2) is 6.45. The minimum atomic E-state index is -0.321. The first kappa shape index (κ1) is 15.0. The van der Waals surface area contributed by atoms with E-state index in [0.29, 0.717) is 27.7 Å². The van der Waals surface area contributed by atoms with E-state index in [4.69, 9.17) is 16.3 Å². The molecule has 1 aromatic heterocycles. The van der Waals surface area contributed by atoms with Crippen LogP contribution in [0.25, 0.3) is 5.69 Å². The molecule has 116 valence electrons. The number of benzene rings is 2. The SMILES string of the molecule is COc1ccccc1C(=O)Nc1cc(-n2cnnn2)ccc1Cl. The molecule has 0 unspecified atom stereocenters. The number of halogens is 1. The highest BCUT2D eigenvalue weighted by Gasteiger charge is 2.14. The summed E-state index contributed by atoms with van der Waals surface area (Å²) >= 11 is 6.16. The van der Waals surface area contributed by atoms with Crippen molar-refractivity contribution in [2.24, 2.45) is 0 Å². The second-order valence-electron chi connectivity index (χ2n) is 4.57. The summed E-state index contributed by atoms with van der Waals surface area (Å²) in [6.07, 6.45) is 1.45. The molecule has 8 heteroatoms. The Bertz CT molecular complexity index is 836. The van der Waals surface area contributed by atoms with Crippen molar-refractivity contribution in [3.05, 3.63) is 59.4 Å². The van der Waals surface area contributed by atoms with Crippen LogP contribution in [-0.4, -0.2) is 33.2 Å². The van der Waals surface area contributed by atoms with Crippen molar-refractivity contribution >= 4 is 23.2 Å². The number of aromatic nitrogens is 4. The monoisotopic (exact) mass is 329 g/mol. The predicted octanol–water partition coefficient (Wildman–Crippen LogP) is 2.58. The third-order valence-electron chi connectivity index (χ3n) is 3.16. The summed E-state index contributed by atoms with van der Waals surface area (Å²) in [6.45, 7) is 0. The number of para-hydroxylation sites is 1. The fourth-order valence-electron chi connectivity index (χ4n) is 2.05. The molecule has 0 atom stereocenters. The maximum Gasteiger partial charge on any atom is 0.259 e. The minimum absolute atomic E-state index is 0.321. The van der Waals surface area contributed by atoms with Crippen LogP contribution in [0.4, 0.5) is 5.69 Å². The lowest BCUT2D eigenvalue weighted by Gasteiger charge is -2.11. The zero-order chi connectivity index (χ0) is 16.2. The zero-order valence-electron chi connectivity index (χ0n) is 12.1. The van der Waals surface area contributed by atoms with Gasteiger partial charge in [-0.1, -0.05) is 23.7 Å². The summed E-state index contributed by atoms with van der Waals surface area (Å²) in [5.74, 6) is 0.163. The number of hydrogen-bond acceptors (Lipinski definition) is 5. The van der Waals surface area contributed by atoms with Crippen LogP contribution in [0.15, 0.2) is 48.8 Å². The Morgan fingerprint density at radius 1 is 1.26 bits per heavy atom. The van der Waals surface area contributed by atoms with Crippen LogP contribution in [0.1, 0.15) is 10.4 Å². The van der Waals surface area contributed by atoms with Crippen LogP contribution in [0, 0.1) is 0 Å². The molecule has 0 saturated carbocycles. The molecule has 0 spiro atoms. The van der Waals surface area contributed by atoms with Crippen molar-refractivity contribution in [3.63, 3.8) is 0 Å². The molecule has 0 fully saturated rings. The van der Waals surface area contributed by atoms with E-state index >= 15 is 0 Å². The number of carbonyl (C=O) groups excluding carboxylic acids is 1. The topological polar surface area (TPSA) is 81.9 Å². The van der Waals surface area contributed by atoms with Gasteiger partial charge in [-0.2, -0.15) is 0 Å². The molecule has 7 nitrogen and oxygen atoms in total. The number of methoxy groups -OCH3 is 1. The summed E-state index contributed by atoms with van der Waals surface area (Å²) in [6, 6.07) is 12.0. The van der Waals surface area contributed by atoms with Crippen LogP contribution in [0.5, 0.6) is 5.75 Å². The number of nitrogens with zero attached hydrogens (tertiary/aromatic N) is 4. The molecular weight excluding hydrogens is 318 g/mol. The third kappa shape index (κ3) is 3.14. The lowest BCUT2D eigenvalue weighted by Crippen LogP contribution is -2.13. The largest absolute Gasteiger partial charge is 0.496 e. The van der Waals surface area contributed by atoms with E-state index in [9.17, 15) is 4.79 Å². The Hall–Kier alpha value is -2.93. The molecule has 1 N–H and O–H groups in total. The summed E-state index contributed by atoms with van der Waals surface area (Å²) in [5.41, 5.74) is 1.55. The standard InChI is InChI=1S/C15H12ClN5O2/c1-23-14-5-3-2-4-11(14)15(22)18-13-8-10(6-7-12(13)16)21-9-17-19-20-21/h2-9H,1H3,(H,18,22). The number of nitrogens with one attached hydrogen (secondary N) is 1. The van der Waals surface area contributed by atoms with Crippen molar-refractivity contribution in [2.75, 3.05) is 12.4 Å². The number of tetrazole rings is 1. The molecule has 0 bridgehead atoms. The van der Waals surface area contributed by atoms with Crippen LogP contribution in [-0.2, 0) is 0 Å². The van der Waals surface area contributed by atoms with E-state index in [1.54, 1.807) is 42.5 Å². The Kier molecular flexibility index (Phi) is 4.20. The Balaban J connectivity index is 1.90. The zero-order valence-corrected chi connectivity index (χ0v) is 12.9. The number of anilines is 1. The highest BCUT2D eigenvalue weighted by Crippen LogP contribution is 2.26. The van der Waals surface area contributed by atoms with E-state index in [0.717, 1.165) is 0 Å².